The topological polar surface area (TPSA) is 80.5 Å². The minimum absolute atomic E-state index is 0.135. The van der Waals surface area contributed by atoms with E-state index in [9.17, 15) is 13.2 Å². The monoisotopic (exact) mass is 324 g/mol. The van der Waals surface area contributed by atoms with Gasteiger partial charge >= 0.3 is 0 Å². The number of amides is 1. The molecule has 1 fully saturated rings. The maximum absolute atomic E-state index is 12.6. The predicted molar refractivity (Wildman–Crippen MR) is 87.3 cm³/mol. The van der Waals surface area contributed by atoms with Crippen LogP contribution in [0, 0.1) is 0 Å². The Kier molecular flexibility index (Phi) is 5.24. The minimum atomic E-state index is -3.16. The van der Waals surface area contributed by atoms with E-state index < -0.39 is 15.1 Å². The van der Waals surface area contributed by atoms with Crippen molar-refractivity contribution in [1.29, 1.82) is 0 Å². The maximum Gasteiger partial charge on any atom is 0.253 e. The van der Waals surface area contributed by atoms with E-state index in [1.165, 1.54) is 6.26 Å². The molecule has 0 heterocycles. The van der Waals surface area contributed by atoms with E-state index in [1.807, 2.05) is 12.1 Å². The highest BCUT2D eigenvalue weighted by Crippen LogP contribution is 2.28. The third-order valence-corrected chi connectivity index (χ3v) is 6.12. The van der Waals surface area contributed by atoms with Crippen LogP contribution < -0.4 is 5.73 Å². The summed E-state index contributed by atoms with van der Waals surface area (Å²) in [7, 11) is -1.46. The zero-order valence-electron chi connectivity index (χ0n) is 13.2. The molecule has 2 N–H and O–H groups in total. The standard InChI is InChI=1S/C16H24N2O3S/c1-18(14-5-3-4-6-15(14)22(2,20)21)16(19)13-9-7-12(11-17)8-10-13/h7-10,14-15H,3-6,11,17H2,1-2H3. The Bertz CT molecular complexity index is 625. The molecule has 0 radical (unpaired) electrons. The van der Waals surface area contributed by atoms with Crippen molar-refractivity contribution >= 4 is 15.7 Å². The van der Waals surface area contributed by atoms with Crippen molar-refractivity contribution < 1.29 is 13.2 Å². The first-order valence-electron chi connectivity index (χ1n) is 7.59. The van der Waals surface area contributed by atoms with Crippen LogP contribution in [0.25, 0.3) is 0 Å². The highest BCUT2D eigenvalue weighted by Gasteiger charge is 2.37. The molecule has 1 aromatic carbocycles. The van der Waals surface area contributed by atoms with Crippen LogP contribution in [0.4, 0.5) is 0 Å². The number of nitrogens with zero attached hydrogens (tertiary/aromatic N) is 1. The molecule has 1 saturated carbocycles. The third kappa shape index (κ3) is 3.67. The summed E-state index contributed by atoms with van der Waals surface area (Å²) in [6, 6.07) is 6.91. The van der Waals surface area contributed by atoms with Gasteiger partial charge in [0.15, 0.2) is 9.84 Å². The van der Waals surface area contributed by atoms with Crippen LogP contribution in [0.3, 0.4) is 0 Å². The van der Waals surface area contributed by atoms with Gasteiger partial charge in [-0.25, -0.2) is 8.42 Å². The van der Waals surface area contributed by atoms with Crippen LogP contribution >= 0.6 is 0 Å². The first-order valence-corrected chi connectivity index (χ1v) is 9.55. The second-order valence-electron chi connectivity index (χ2n) is 6.04. The summed E-state index contributed by atoms with van der Waals surface area (Å²) in [6.07, 6.45) is 4.50. The molecule has 6 heteroatoms. The molecule has 1 amide bonds. The number of rotatable bonds is 4. The average Bonchev–Trinajstić information content (AvgIpc) is 2.52. The first-order chi connectivity index (χ1) is 10.3. The van der Waals surface area contributed by atoms with Crippen molar-refractivity contribution in [3.8, 4) is 0 Å². The molecule has 122 valence electrons. The van der Waals surface area contributed by atoms with Gasteiger partial charge in [0.1, 0.15) is 0 Å². The molecule has 0 spiro atoms. The predicted octanol–water partition coefficient (Wildman–Crippen LogP) is 1.57. The van der Waals surface area contributed by atoms with E-state index in [2.05, 4.69) is 0 Å². The molecule has 1 aromatic rings. The summed E-state index contributed by atoms with van der Waals surface area (Å²) in [5.41, 5.74) is 7.09. The number of sulfone groups is 1. The second-order valence-corrected chi connectivity index (χ2v) is 8.30. The quantitative estimate of drug-likeness (QED) is 0.911. The van der Waals surface area contributed by atoms with E-state index in [1.54, 1.807) is 24.1 Å². The Morgan fingerprint density at radius 3 is 2.36 bits per heavy atom. The summed E-state index contributed by atoms with van der Waals surface area (Å²) >= 11 is 0. The SMILES string of the molecule is CN(C(=O)c1ccc(CN)cc1)C1CCCCC1S(C)(=O)=O. The number of carbonyl (C=O) groups is 1. The van der Waals surface area contributed by atoms with Gasteiger partial charge in [0.05, 0.1) is 5.25 Å². The molecule has 2 unspecified atom stereocenters. The molecule has 2 rings (SSSR count). The number of hydrogen-bond donors (Lipinski definition) is 1. The number of carbonyl (C=O) groups excluding carboxylic acids is 1. The Morgan fingerprint density at radius 2 is 1.82 bits per heavy atom. The van der Waals surface area contributed by atoms with Crippen LogP contribution in [0.2, 0.25) is 0 Å². The molecular weight excluding hydrogens is 300 g/mol. The second kappa shape index (κ2) is 6.79. The van der Waals surface area contributed by atoms with Crippen molar-refractivity contribution in [3.05, 3.63) is 35.4 Å². The van der Waals surface area contributed by atoms with Gasteiger partial charge in [-0.15, -0.1) is 0 Å². The number of benzene rings is 1. The highest BCUT2D eigenvalue weighted by atomic mass is 32.2. The van der Waals surface area contributed by atoms with Crippen molar-refractivity contribution in [1.82, 2.24) is 4.90 Å². The summed E-state index contributed by atoms with van der Waals surface area (Å²) in [6.45, 7) is 0.434. The molecule has 22 heavy (non-hydrogen) atoms. The Morgan fingerprint density at radius 1 is 1.23 bits per heavy atom. The van der Waals surface area contributed by atoms with Gasteiger partial charge in [-0.05, 0) is 30.5 Å². The maximum atomic E-state index is 12.6. The molecule has 0 aromatic heterocycles. The summed E-state index contributed by atoms with van der Waals surface area (Å²) < 4.78 is 24.0. The van der Waals surface area contributed by atoms with E-state index >= 15 is 0 Å². The molecule has 2 atom stereocenters. The Hall–Kier alpha value is -1.40. The molecule has 0 saturated heterocycles. The van der Waals surface area contributed by atoms with Crippen LogP contribution in [0.15, 0.2) is 24.3 Å². The van der Waals surface area contributed by atoms with Crippen molar-refractivity contribution in [2.24, 2.45) is 5.73 Å². The lowest BCUT2D eigenvalue weighted by Crippen LogP contribution is -2.49. The summed E-state index contributed by atoms with van der Waals surface area (Å²) in [4.78, 5) is 14.2. The largest absolute Gasteiger partial charge is 0.337 e. The number of hydrogen-bond acceptors (Lipinski definition) is 4. The van der Waals surface area contributed by atoms with Crippen LogP contribution in [0.5, 0.6) is 0 Å². The first kappa shape index (κ1) is 17.0. The van der Waals surface area contributed by atoms with Gasteiger partial charge in [-0.1, -0.05) is 25.0 Å². The lowest BCUT2D eigenvalue weighted by atomic mass is 9.93. The number of nitrogens with two attached hydrogens (primary N) is 1. The minimum Gasteiger partial charge on any atom is -0.337 e. The van der Waals surface area contributed by atoms with Crippen molar-refractivity contribution in [2.75, 3.05) is 13.3 Å². The normalized spacial score (nSPS) is 22.3. The lowest BCUT2D eigenvalue weighted by molar-refractivity contribution is 0.0700. The van der Waals surface area contributed by atoms with E-state index in [4.69, 9.17) is 5.73 Å². The third-order valence-electron chi connectivity index (χ3n) is 4.47. The zero-order chi connectivity index (χ0) is 16.3. The van der Waals surface area contributed by atoms with Crippen LogP contribution in [0.1, 0.15) is 41.6 Å². The molecule has 0 aliphatic heterocycles. The van der Waals surface area contributed by atoms with E-state index in [0.29, 0.717) is 18.5 Å². The van der Waals surface area contributed by atoms with Gasteiger partial charge in [0.25, 0.3) is 5.91 Å². The highest BCUT2D eigenvalue weighted by molar-refractivity contribution is 7.91. The Labute approximate surface area is 132 Å². The van der Waals surface area contributed by atoms with E-state index in [0.717, 1.165) is 24.8 Å². The van der Waals surface area contributed by atoms with E-state index in [-0.39, 0.29) is 11.9 Å². The van der Waals surface area contributed by atoms with Gasteiger partial charge in [-0.3, -0.25) is 4.79 Å². The van der Waals surface area contributed by atoms with Crippen LogP contribution in [-0.4, -0.2) is 43.8 Å². The zero-order valence-corrected chi connectivity index (χ0v) is 14.0. The van der Waals surface area contributed by atoms with Crippen molar-refractivity contribution in [2.45, 2.75) is 43.5 Å². The fraction of sp³-hybridized carbons (Fsp3) is 0.562. The van der Waals surface area contributed by atoms with Gasteiger partial charge in [0.2, 0.25) is 0 Å². The fourth-order valence-corrected chi connectivity index (χ4v) is 4.64. The summed E-state index contributed by atoms with van der Waals surface area (Å²) in [5.74, 6) is -0.135. The molecule has 1 aliphatic carbocycles. The van der Waals surface area contributed by atoms with Gasteiger partial charge in [0, 0.05) is 31.5 Å². The Balaban J connectivity index is 2.20. The average molecular weight is 324 g/mol. The van der Waals surface area contributed by atoms with Gasteiger partial charge in [-0.2, -0.15) is 0 Å². The summed E-state index contributed by atoms with van der Waals surface area (Å²) in [5, 5.41) is -0.460. The fourth-order valence-electron chi connectivity index (χ4n) is 3.16. The molecule has 5 nitrogen and oxygen atoms in total. The molecular formula is C16H24N2O3S. The van der Waals surface area contributed by atoms with Gasteiger partial charge < -0.3 is 10.6 Å². The smallest absolute Gasteiger partial charge is 0.253 e. The molecule has 0 bridgehead atoms. The molecule has 1 aliphatic rings. The van der Waals surface area contributed by atoms with Crippen molar-refractivity contribution in [3.63, 3.8) is 0 Å². The van der Waals surface area contributed by atoms with Crippen LogP contribution in [-0.2, 0) is 16.4 Å². The lowest BCUT2D eigenvalue weighted by Gasteiger charge is -2.37.